The quantitative estimate of drug-likeness (QED) is 0.250. The van der Waals surface area contributed by atoms with Gasteiger partial charge in [-0.15, -0.1) is 6.58 Å². The molecular weight excluding hydrogens is 443 g/mol. The van der Waals surface area contributed by atoms with E-state index in [1.54, 1.807) is 0 Å². The third-order valence-electron chi connectivity index (χ3n) is 11.6. The third-order valence-corrected chi connectivity index (χ3v) is 11.6. The van der Waals surface area contributed by atoms with Crippen molar-refractivity contribution in [3.8, 4) is 0 Å². The summed E-state index contributed by atoms with van der Waals surface area (Å²) in [5, 5.41) is 10.9. The Morgan fingerprint density at radius 2 is 1.55 bits per heavy atom. The third kappa shape index (κ3) is 2.67. The zero-order chi connectivity index (χ0) is 20.8. The molecule has 167 valence electrons. The van der Waals surface area contributed by atoms with Crippen molar-refractivity contribution in [1.29, 1.82) is 0 Å². The predicted octanol–water partition coefficient (Wildman–Crippen LogP) is 7.12. The van der Waals surface area contributed by atoms with Gasteiger partial charge in [0.1, 0.15) is 0 Å². The van der Waals surface area contributed by atoms with Gasteiger partial charge in [0.15, 0.2) is 0 Å². The van der Waals surface area contributed by atoms with Gasteiger partial charge in [0.05, 0.1) is 5.60 Å². The van der Waals surface area contributed by atoms with Gasteiger partial charge < -0.3 is 5.11 Å². The second-order valence-electron chi connectivity index (χ2n) is 12.5. The van der Waals surface area contributed by atoms with E-state index in [2.05, 4.69) is 60.8 Å². The number of rotatable bonds is 2. The second-order valence-corrected chi connectivity index (χ2v) is 12.5. The van der Waals surface area contributed by atoms with E-state index in [1.807, 2.05) is 0 Å². The molecule has 2 heteroatoms. The van der Waals surface area contributed by atoms with Crippen molar-refractivity contribution < 1.29 is 24.6 Å². The van der Waals surface area contributed by atoms with Crippen molar-refractivity contribution in [2.75, 3.05) is 0 Å². The van der Waals surface area contributed by atoms with Crippen molar-refractivity contribution in [3.05, 3.63) is 31.7 Å². The number of hydrogen-bond acceptors (Lipinski definition) is 1. The van der Waals surface area contributed by atoms with E-state index in [4.69, 9.17) is 0 Å². The van der Waals surface area contributed by atoms with Crippen molar-refractivity contribution in [2.24, 2.45) is 38.9 Å². The Morgan fingerprint density at radius 3 is 2.14 bits per heavy atom. The number of aliphatic hydroxyl groups is 1. The van der Waals surface area contributed by atoms with Crippen LogP contribution in [0.4, 0.5) is 0 Å². The first kappa shape index (κ1) is 23.6. The molecule has 0 aromatic heterocycles. The van der Waals surface area contributed by atoms with E-state index in [0.29, 0.717) is 17.3 Å². The summed E-state index contributed by atoms with van der Waals surface area (Å²) >= 11 is 0. The van der Waals surface area contributed by atoms with Crippen LogP contribution in [-0.2, 0) is 19.5 Å². The molecule has 0 heterocycles. The Hall–Kier alpha value is -0.0666. The first-order valence-electron chi connectivity index (χ1n) is 11.7. The molecule has 0 saturated heterocycles. The van der Waals surface area contributed by atoms with Crippen molar-refractivity contribution in [1.82, 2.24) is 0 Å². The fraction of sp³-hybridized carbons (Fsp3) is 0.815. The van der Waals surface area contributed by atoms with Crippen LogP contribution in [-0.4, -0.2) is 10.7 Å². The molecule has 0 aromatic rings. The smallest absolute Gasteiger partial charge is 0.0625 e. The number of hydrogen-bond donors (Lipinski definition) is 1. The van der Waals surface area contributed by atoms with Crippen LogP contribution in [0.2, 0.25) is 0 Å². The van der Waals surface area contributed by atoms with E-state index < -0.39 is 5.60 Å². The Morgan fingerprint density at radius 1 is 0.931 bits per heavy atom. The van der Waals surface area contributed by atoms with Crippen LogP contribution in [0.3, 0.4) is 0 Å². The van der Waals surface area contributed by atoms with Crippen LogP contribution in [0.15, 0.2) is 24.8 Å². The minimum absolute atomic E-state index is 0. The van der Waals surface area contributed by atoms with Gasteiger partial charge in [-0.3, -0.25) is 0 Å². The molecule has 29 heavy (non-hydrogen) atoms. The molecular formula is C27H43ORh-. The molecule has 1 radical (unpaired) electrons. The zero-order valence-electron chi connectivity index (χ0n) is 19.5. The number of allylic oxidation sites excluding steroid dienone is 2. The van der Waals surface area contributed by atoms with E-state index in [-0.39, 0.29) is 41.1 Å². The molecule has 4 aliphatic rings. The molecule has 1 nitrogen and oxygen atoms in total. The van der Waals surface area contributed by atoms with E-state index >= 15 is 0 Å². The number of fused-ring (bicyclic) bond motifs is 5. The minimum Gasteiger partial charge on any atom is -0.390 e. The fourth-order valence-electron chi connectivity index (χ4n) is 9.67. The summed E-state index contributed by atoms with van der Waals surface area (Å²) in [7, 11) is 0. The molecule has 4 rings (SSSR count). The average Bonchev–Trinajstić information content (AvgIpc) is 2.90. The molecule has 4 aliphatic carbocycles. The molecule has 0 amide bonds. The Labute approximate surface area is 193 Å². The molecule has 0 aliphatic heterocycles. The monoisotopic (exact) mass is 486 g/mol. The molecule has 1 N–H and O–H groups in total. The largest absolute Gasteiger partial charge is 0.390 e. The summed E-state index contributed by atoms with van der Waals surface area (Å²) in [5.41, 5.74) is 1.90. The van der Waals surface area contributed by atoms with Crippen LogP contribution in [0.5, 0.6) is 0 Å². The molecule has 0 spiro atoms. The molecule has 0 unspecified atom stereocenters. The summed E-state index contributed by atoms with van der Waals surface area (Å²) in [4.78, 5) is 0. The Bertz CT molecular complexity index is 711. The molecule has 8 atom stereocenters. The van der Waals surface area contributed by atoms with Crippen LogP contribution in [0.1, 0.15) is 92.4 Å². The standard InChI is InChI=1S/C27H43O.Rh/c1-9-27-13-10-20(19(2)3)24(27,6)15-16-25(7)21(27)11-12-22(4)18-23(5,28)14-17-26(22,25)8;/h9,20-21,28H,1-3,10-18H2,4-8H3;/q-1;/t20-,21-,22-,23-,24-,25+,26+,27+;/m1./s1. The minimum atomic E-state index is -0.499. The maximum Gasteiger partial charge on any atom is 0.0625 e. The normalized spacial score (nSPS) is 56.3. The summed E-state index contributed by atoms with van der Waals surface area (Å²) < 4.78 is 0. The van der Waals surface area contributed by atoms with Crippen molar-refractivity contribution >= 4 is 0 Å². The van der Waals surface area contributed by atoms with Crippen LogP contribution >= 0.6 is 0 Å². The van der Waals surface area contributed by atoms with Gasteiger partial charge in [-0.25, -0.2) is 19.1 Å². The summed E-state index contributed by atoms with van der Waals surface area (Å²) in [6.45, 7) is 25.3. The van der Waals surface area contributed by atoms with E-state index in [1.165, 1.54) is 38.5 Å². The van der Waals surface area contributed by atoms with Crippen LogP contribution < -0.4 is 0 Å². The SMILES string of the molecule is C=C[C@@]12CC[C@H](C(=C)[CH2-])[C@@]1(C)CC[C@@]1(C)[C@H]2CC[C@]2(C)C[C@](C)(O)CC[C@@]21C.[Rh]. The first-order chi connectivity index (χ1) is 12.8. The van der Waals surface area contributed by atoms with Gasteiger partial charge in [-0.2, -0.15) is 0 Å². The summed E-state index contributed by atoms with van der Waals surface area (Å²) in [6.07, 6.45) is 13.0. The Balaban J connectivity index is 0.00000240. The zero-order valence-corrected chi connectivity index (χ0v) is 21.1. The summed E-state index contributed by atoms with van der Waals surface area (Å²) in [5.74, 6) is 1.21. The molecule has 0 bridgehead atoms. The van der Waals surface area contributed by atoms with Crippen LogP contribution in [0, 0.1) is 45.8 Å². The molecule has 0 aromatic carbocycles. The summed E-state index contributed by atoms with van der Waals surface area (Å²) in [6, 6.07) is 0. The predicted molar refractivity (Wildman–Crippen MR) is 119 cm³/mol. The van der Waals surface area contributed by atoms with Gasteiger partial charge in [0, 0.05) is 19.5 Å². The van der Waals surface area contributed by atoms with Crippen LogP contribution in [0.25, 0.3) is 0 Å². The van der Waals surface area contributed by atoms with Crippen molar-refractivity contribution in [2.45, 2.75) is 98.0 Å². The van der Waals surface area contributed by atoms with Gasteiger partial charge in [0.2, 0.25) is 0 Å². The maximum atomic E-state index is 10.9. The van der Waals surface area contributed by atoms with E-state index in [0.717, 1.165) is 24.8 Å². The van der Waals surface area contributed by atoms with E-state index in [9.17, 15) is 5.11 Å². The average molecular weight is 487 g/mol. The van der Waals surface area contributed by atoms with Gasteiger partial charge in [-0.05, 0) is 104 Å². The van der Waals surface area contributed by atoms with Gasteiger partial charge >= 0.3 is 0 Å². The van der Waals surface area contributed by atoms with Crippen molar-refractivity contribution in [3.63, 3.8) is 0 Å². The maximum absolute atomic E-state index is 10.9. The Kier molecular flexibility index (Phi) is 5.46. The molecule has 4 fully saturated rings. The first-order valence-corrected chi connectivity index (χ1v) is 11.7. The van der Waals surface area contributed by atoms with Gasteiger partial charge in [0.25, 0.3) is 0 Å². The van der Waals surface area contributed by atoms with Gasteiger partial charge in [-0.1, -0.05) is 33.8 Å². The fourth-order valence-corrected chi connectivity index (χ4v) is 9.67. The topological polar surface area (TPSA) is 20.2 Å². The second kappa shape index (κ2) is 6.71. The molecule has 4 saturated carbocycles.